The van der Waals surface area contributed by atoms with Crippen LogP contribution in [0.2, 0.25) is 0 Å². The zero-order valence-corrected chi connectivity index (χ0v) is 13.1. The van der Waals surface area contributed by atoms with E-state index in [9.17, 15) is 4.79 Å². The third kappa shape index (κ3) is 5.15. The summed E-state index contributed by atoms with van der Waals surface area (Å²) >= 11 is 0. The minimum absolute atomic E-state index is 0.0247. The summed E-state index contributed by atoms with van der Waals surface area (Å²) in [6.07, 6.45) is 0.922. The van der Waals surface area contributed by atoms with E-state index < -0.39 is 0 Å². The van der Waals surface area contributed by atoms with Crippen molar-refractivity contribution >= 4 is 5.91 Å². The Bertz CT molecular complexity index is 438. The molecule has 6 nitrogen and oxygen atoms in total. The van der Waals surface area contributed by atoms with Gasteiger partial charge in [0.2, 0.25) is 5.91 Å². The van der Waals surface area contributed by atoms with E-state index in [1.807, 2.05) is 6.92 Å². The van der Waals surface area contributed by atoms with Gasteiger partial charge in [0.25, 0.3) is 0 Å². The summed E-state index contributed by atoms with van der Waals surface area (Å²) in [6, 6.07) is 3.58. The monoisotopic (exact) mass is 296 g/mol. The molecule has 0 atom stereocenters. The van der Waals surface area contributed by atoms with E-state index in [4.69, 9.17) is 14.2 Å². The topological polar surface area (TPSA) is 68.8 Å². The van der Waals surface area contributed by atoms with E-state index in [0.29, 0.717) is 30.3 Å². The largest absolute Gasteiger partial charge is 0.496 e. The predicted octanol–water partition coefficient (Wildman–Crippen LogP) is 1.33. The number of rotatable bonds is 9. The standard InChI is InChI=1S/C15H24N2O4/c1-5-6-17-15(18)10-16-9-12-13(20-3)7-11(19-2)8-14(12)21-4/h7-8,16H,5-6,9-10H2,1-4H3,(H,17,18). The number of ether oxygens (including phenoxy) is 3. The highest BCUT2D eigenvalue weighted by atomic mass is 16.5. The smallest absolute Gasteiger partial charge is 0.233 e. The first kappa shape index (κ1) is 17.1. The van der Waals surface area contributed by atoms with Gasteiger partial charge >= 0.3 is 0 Å². The molecular weight excluding hydrogens is 272 g/mol. The summed E-state index contributed by atoms with van der Waals surface area (Å²) in [4.78, 5) is 11.5. The van der Waals surface area contributed by atoms with Crippen LogP contribution in [0.4, 0.5) is 0 Å². The maximum Gasteiger partial charge on any atom is 0.233 e. The van der Waals surface area contributed by atoms with Gasteiger partial charge in [-0.3, -0.25) is 4.79 Å². The van der Waals surface area contributed by atoms with Gasteiger partial charge in [-0.2, -0.15) is 0 Å². The van der Waals surface area contributed by atoms with Crippen molar-refractivity contribution in [1.82, 2.24) is 10.6 Å². The van der Waals surface area contributed by atoms with Gasteiger partial charge in [0.1, 0.15) is 17.2 Å². The number of carbonyl (C=O) groups is 1. The van der Waals surface area contributed by atoms with Crippen LogP contribution in [0.5, 0.6) is 17.2 Å². The molecule has 118 valence electrons. The molecule has 0 aromatic heterocycles. The molecule has 1 aromatic carbocycles. The van der Waals surface area contributed by atoms with E-state index >= 15 is 0 Å². The fourth-order valence-corrected chi connectivity index (χ4v) is 1.88. The molecule has 6 heteroatoms. The highest BCUT2D eigenvalue weighted by molar-refractivity contribution is 5.77. The van der Waals surface area contributed by atoms with Crippen molar-refractivity contribution < 1.29 is 19.0 Å². The number of nitrogens with one attached hydrogen (secondary N) is 2. The van der Waals surface area contributed by atoms with Crippen molar-refractivity contribution in [3.63, 3.8) is 0 Å². The molecule has 2 N–H and O–H groups in total. The third-order valence-corrected chi connectivity index (χ3v) is 2.98. The first-order chi connectivity index (χ1) is 10.2. The van der Waals surface area contributed by atoms with E-state index in [1.54, 1.807) is 33.5 Å². The van der Waals surface area contributed by atoms with Crippen LogP contribution in [-0.2, 0) is 11.3 Å². The maximum atomic E-state index is 11.5. The summed E-state index contributed by atoms with van der Waals surface area (Å²) in [5.74, 6) is 1.96. The molecular formula is C15H24N2O4. The Labute approximate surface area is 125 Å². The first-order valence-corrected chi connectivity index (χ1v) is 6.92. The molecule has 0 unspecified atom stereocenters. The molecule has 0 saturated heterocycles. The highest BCUT2D eigenvalue weighted by Gasteiger charge is 2.13. The van der Waals surface area contributed by atoms with Gasteiger partial charge in [-0.15, -0.1) is 0 Å². The summed E-state index contributed by atoms with van der Waals surface area (Å²) in [7, 11) is 4.77. The van der Waals surface area contributed by atoms with E-state index in [-0.39, 0.29) is 12.5 Å². The Morgan fingerprint density at radius 1 is 1.10 bits per heavy atom. The Hall–Kier alpha value is -1.95. The van der Waals surface area contributed by atoms with Crippen molar-refractivity contribution in [3.05, 3.63) is 17.7 Å². The minimum Gasteiger partial charge on any atom is -0.496 e. The SMILES string of the molecule is CCCNC(=O)CNCc1c(OC)cc(OC)cc1OC. The molecule has 0 heterocycles. The second-order valence-corrected chi connectivity index (χ2v) is 4.46. The molecule has 0 radical (unpaired) electrons. The second kappa shape index (κ2) is 9.07. The fourth-order valence-electron chi connectivity index (χ4n) is 1.88. The van der Waals surface area contributed by atoms with Gasteiger partial charge in [0.15, 0.2) is 0 Å². The summed E-state index contributed by atoms with van der Waals surface area (Å²) in [5, 5.41) is 5.89. The van der Waals surface area contributed by atoms with Crippen molar-refractivity contribution in [3.8, 4) is 17.2 Å². The van der Waals surface area contributed by atoms with Crippen molar-refractivity contribution in [2.24, 2.45) is 0 Å². The molecule has 1 rings (SSSR count). The molecule has 0 aliphatic carbocycles. The van der Waals surface area contributed by atoms with Crippen molar-refractivity contribution in [2.75, 3.05) is 34.4 Å². The van der Waals surface area contributed by atoms with Crippen LogP contribution in [0, 0.1) is 0 Å². The molecule has 0 fully saturated rings. The quantitative estimate of drug-likeness (QED) is 0.719. The Morgan fingerprint density at radius 3 is 2.19 bits per heavy atom. The highest BCUT2D eigenvalue weighted by Crippen LogP contribution is 2.33. The van der Waals surface area contributed by atoms with Crippen LogP contribution in [0.15, 0.2) is 12.1 Å². The van der Waals surface area contributed by atoms with E-state index in [0.717, 1.165) is 12.0 Å². The maximum absolute atomic E-state index is 11.5. The summed E-state index contributed by atoms with van der Waals surface area (Å²) in [6.45, 7) is 3.42. The van der Waals surface area contributed by atoms with E-state index in [2.05, 4.69) is 10.6 Å². The van der Waals surface area contributed by atoms with Crippen LogP contribution in [-0.4, -0.2) is 40.3 Å². The number of amides is 1. The van der Waals surface area contributed by atoms with Crippen LogP contribution in [0.3, 0.4) is 0 Å². The molecule has 0 bridgehead atoms. The van der Waals surface area contributed by atoms with Crippen LogP contribution < -0.4 is 24.8 Å². The van der Waals surface area contributed by atoms with Crippen molar-refractivity contribution in [1.29, 1.82) is 0 Å². The number of hydrogen-bond acceptors (Lipinski definition) is 5. The molecule has 1 amide bonds. The number of carbonyl (C=O) groups excluding carboxylic acids is 1. The number of hydrogen-bond donors (Lipinski definition) is 2. The van der Waals surface area contributed by atoms with Gasteiger partial charge < -0.3 is 24.8 Å². The number of methoxy groups -OCH3 is 3. The minimum atomic E-state index is -0.0247. The van der Waals surface area contributed by atoms with Gasteiger partial charge in [-0.25, -0.2) is 0 Å². The Balaban J connectivity index is 2.71. The van der Waals surface area contributed by atoms with Crippen LogP contribution >= 0.6 is 0 Å². The lowest BCUT2D eigenvalue weighted by Crippen LogP contribution is -2.34. The van der Waals surface area contributed by atoms with E-state index in [1.165, 1.54) is 0 Å². The summed E-state index contributed by atoms with van der Waals surface area (Å²) < 4.78 is 15.9. The first-order valence-electron chi connectivity index (χ1n) is 6.92. The molecule has 0 aliphatic heterocycles. The Morgan fingerprint density at radius 2 is 1.71 bits per heavy atom. The zero-order chi connectivity index (χ0) is 15.7. The fraction of sp³-hybridized carbons (Fsp3) is 0.533. The molecule has 21 heavy (non-hydrogen) atoms. The average molecular weight is 296 g/mol. The number of benzene rings is 1. The summed E-state index contributed by atoms with van der Waals surface area (Å²) in [5.41, 5.74) is 0.851. The molecule has 1 aromatic rings. The zero-order valence-electron chi connectivity index (χ0n) is 13.1. The van der Waals surface area contributed by atoms with Gasteiger partial charge in [0, 0.05) is 25.2 Å². The lowest BCUT2D eigenvalue weighted by molar-refractivity contribution is -0.120. The molecule has 0 spiro atoms. The molecule has 0 aliphatic rings. The molecule has 0 saturated carbocycles. The second-order valence-electron chi connectivity index (χ2n) is 4.46. The predicted molar refractivity (Wildman–Crippen MR) is 81.1 cm³/mol. The third-order valence-electron chi connectivity index (χ3n) is 2.98. The van der Waals surface area contributed by atoms with Crippen LogP contribution in [0.1, 0.15) is 18.9 Å². The van der Waals surface area contributed by atoms with Crippen molar-refractivity contribution in [2.45, 2.75) is 19.9 Å². The lowest BCUT2D eigenvalue weighted by atomic mass is 10.1. The van der Waals surface area contributed by atoms with Gasteiger partial charge in [-0.05, 0) is 6.42 Å². The Kier molecular flexibility index (Phi) is 7.39. The average Bonchev–Trinajstić information content (AvgIpc) is 2.52. The van der Waals surface area contributed by atoms with Gasteiger partial charge in [-0.1, -0.05) is 6.92 Å². The normalized spacial score (nSPS) is 10.1. The van der Waals surface area contributed by atoms with Crippen LogP contribution in [0.25, 0.3) is 0 Å². The van der Waals surface area contributed by atoms with Gasteiger partial charge in [0.05, 0.1) is 33.4 Å². The lowest BCUT2D eigenvalue weighted by Gasteiger charge is -2.15.